The fourth-order valence-electron chi connectivity index (χ4n) is 2.39. The molecule has 6 heteroatoms. The smallest absolute Gasteiger partial charge is 0.150 e. The van der Waals surface area contributed by atoms with E-state index in [0.29, 0.717) is 21.5 Å². The van der Waals surface area contributed by atoms with Crippen molar-refractivity contribution in [3.63, 3.8) is 0 Å². The first-order valence-electron chi connectivity index (χ1n) is 6.38. The van der Waals surface area contributed by atoms with Crippen molar-refractivity contribution in [2.24, 2.45) is 0 Å². The van der Waals surface area contributed by atoms with Crippen LogP contribution in [0.5, 0.6) is 0 Å². The summed E-state index contributed by atoms with van der Waals surface area (Å²) in [6.07, 6.45) is 0.677. The van der Waals surface area contributed by atoms with Crippen molar-refractivity contribution in [2.45, 2.75) is 17.4 Å². The Balaban J connectivity index is 1.96. The quantitative estimate of drug-likeness (QED) is 0.744. The highest BCUT2D eigenvalue weighted by Crippen LogP contribution is 2.40. The van der Waals surface area contributed by atoms with Gasteiger partial charge in [-0.3, -0.25) is 0 Å². The van der Waals surface area contributed by atoms with Crippen LogP contribution in [0.1, 0.15) is 18.0 Å². The molecular weight excluding hydrogens is 363 g/mol. The van der Waals surface area contributed by atoms with Crippen LogP contribution in [-0.4, -0.2) is 5.75 Å². The van der Waals surface area contributed by atoms with E-state index in [-0.39, 0.29) is 17.5 Å². The zero-order valence-electron chi connectivity index (χ0n) is 10.8. The van der Waals surface area contributed by atoms with E-state index in [1.54, 1.807) is 12.1 Å². The summed E-state index contributed by atoms with van der Waals surface area (Å²) in [6.45, 7) is 0. The standard InChI is InChI=1S/C15H11BrF3NS/c16-8-6-11(18)14(12(19)7-8)20-13-4-5-21-15-9(13)2-1-3-10(15)17/h1-3,6-7,13,20H,4-5H2. The zero-order chi connectivity index (χ0) is 15.0. The Morgan fingerprint density at radius 3 is 2.52 bits per heavy atom. The third-order valence-corrected chi connectivity index (χ3v) is 4.97. The van der Waals surface area contributed by atoms with E-state index in [9.17, 15) is 13.2 Å². The zero-order valence-corrected chi connectivity index (χ0v) is 13.2. The van der Waals surface area contributed by atoms with Crippen LogP contribution in [0.15, 0.2) is 39.7 Å². The maximum Gasteiger partial charge on any atom is 0.150 e. The Bertz CT molecular complexity index is 670. The van der Waals surface area contributed by atoms with Crippen LogP contribution < -0.4 is 5.32 Å². The van der Waals surface area contributed by atoms with Gasteiger partial charge in [-0.2, -0.15) is 0 Å². The molecule has 2 aromatic rings. The highest BCUT2D eigenvalue weighted by atomic mass is 79.9. The number of hydrogen-bond donors (Lipinski definition) is 1. The molecule has 0 aliphatic carbocycles. The molecule has 0 aromatic heterocycles. The van der Waals surface area contributed by atoms with Crippen molar-refractivity contribution in [3.05, 3.63) is 57.8 Å². The summed E-state index contributed by atoms with van der Waals surface area (Å²) < 4.78 is 42.0. The molecule has 0 fully saturated rings. The predicted octanol–water partition coefficient (Wildman–Crippen LogP) is 5.52. The van der Waals surface area contributed by atoms with E-state index in [1.807, 2.05) is 0 Å². The van der Waals surface area contributed by atoms with E-state index >= 15 is 0 Å². The Morgan fingerprint density at radius 1 is 1.10 bits per heavy atom. The van der Waals surface area contributed by atoms with Crippen LogP contribution in [0, 0.1) is 17.5 Å². The van der Waals surface area contributed by atoms with Crippen molar-refractivity contribution in [1.82, 2.24) is 0 Å². The van der Waals surface area contributed by atoms with Gasteiger partial charge in [0.25, 0.3) is 0 Å². The predicted molar refractivity (Wildman–Crippen MR) is 82.2 cm³/mol. The van der Waals surface area contributed by atoms with Crippen molar-refractivity contribution < 1.29 is 13.2 Å². The fourth-order valence-corrected chi connectivity index (χ4v) is 3.93. The molecule has 0 amide bonds. The second-order valence-electron chi connectivity index (χ2n) is 4.74. The summed E-state index contributed by atoms with van der Waals surface area (Å²) in [5, 5.41) is 2.88. The Kier molecular flexibility index (Phi) is 4.17. The average molecular weight is 374 g/mol. The molecule has 0 saturated carbocycles. The first-order chi connectivity index (χ1) is 10.1. The van der Waals surface area contributed by atoms with Gasteiger partial charge in [0.15, 0.2) is 0 Å². The van der Waals surface area contributed by atoms with Crippen LogP contribution >= 0.6 is 27.7 Å². The van der Waals surface area contributed by atoms with E-state index in [2.05, 4.69) is 21.2 Å². The molecule has 1 unspecified atom stereocenters. The number of thioether (sulfide) groups is 1. The molecule has 1 aliphatic heterocycles. The van der Waals surface area contributed by atoms with Gasteiger partial charge in [-0.15, -0.1) is 11.8 Å². The van der Waals surface area contributed by atoms with Gasteiger partial charge in [-0.05, 0) is 30.2 Å². The summed E-state index contributed by atoms with van der Waals surface area (Å²) in [4.78, 5) is 0.555. The van der Waals surface area contributed by atoms with E-state index < -0.39 is 11.6 Å². The molecule has 0 bridgehead atoms. The molecule has 110 valence electrons. The van der Waals surface area contributed by atoms with E-state index in [4.69, 9.17) is 0 Å². The highest BCUT2D eigenvalue weighted by molar-refractivity contribution is 9.10. The van der Waals surface area contributed by atoms with Crippen molar-refractivity contribution in [1.29, 1.82) is 0 Å². The van der Waals surface area contributed by atoms with Crippen LogP contribution in [0.4, 0.5) is 18.9 Å². The second kappa shape index (κ2) is 5.93. The second-order valence-corrected chi connectivity index (χ2v) is 6.76. The van der Waals surface area contributed by atoms with Gasteiger partial charge in [0.05, 0.1) is 6.04 Å². The molecule has 1 heterocycles. The maximum atomic E-state index is 13.9. The number of hydrogen-bond acceptors (Lipinski definition) is 2. The van der Waals surface area contributed by atoms with E-state index in [0.717, 1.165) is 5.56 Å². The number of halogens is 4. The molecule has 21 heavy (non-hydrogen) atoms. The lowest BCUT2D eigenvalue weighted by molar-refractivity contribution is 0.570. The lowest BCUT2D eigenvalue weighted by Crippen LogP contribution is -2.18. The van der Waals surface area contributed by atoms with Gasteiger partial charge in [0.1, 0.15) is 23.1 Å². The fraction of sp³-hybridized carbons (Fsp3) is 0.200. The molecule has 2 aromatic carbocycles. The molecule has 1 aliphatic rings. The first kappa shape index (κ1) is 14.8. The Labute approximate surface area is 133 Å². The van der Waals surface area contributed by atoms with Gasteiger partial charge in [-0.1, -0.05) is 28.1 Å². The summed E-state index contributed by atoms with van der Waals surface area (Å²) in [6, 6.07) is 6.90. The van der Waals surface area contributed by atoms with Gasteiger partial charge in [0.2, 0.25) is 0 Å². The normalized spacial score (nSPS) is 17.4. The van der Waals surface area contributed by atoms with Crippen LogP contribution in [0.3, 0.4) is 0 Å². The van der Waals surface area contributed by atoms with Gasteiger partial charge >= 0.3 is 0 Å². The van der Waals surface area contributed by atoms with E-state index in [1.165, 1.54) is 30.0 Å². The highest BCUT2D eigenvalue weighted by Gasteiger charge is 2.25. The third kappa shape index (κ3) is 2.92. The largest absolute Gasteiger partial charge is 0.373 e. The molecule has 3 rings (SSSR count). The molecular formula is C15H11BrF3NS. The topological polar surface area (TPSA) is 12.0 Å². The number of fused-ring (bicyclic) bond motifs is 1. The SMILES string of the molecule is Fc1cc(Br)cc(F)c1NC1CCSc2c(F)cccc21. The summed E-state index contributed by atoms with van der Waals surface area (Å²) in [5.41, 5.74) is 0.568. The first-order valence-corrected chi connectivity index (χ1v) is 8.16. The van der Waals surface area contributed by atoms with Gasteiger partial charge in [-0.25, -0.2) is 13.2 Å². The van der Waals surface area contributed by atoms with Crippen molar-refractivity contribution in [2.75, 3.05) is 11.1 Å². The molecule has 1 atom stereocenters. The lowest BCUT2D eigenvalue weighted by Gasteiger charge is -2.27. The Morgan fingerprint density at radius 2 is 1.81 bits per heavy atom. The van der Waals surface area contributed by atoms with Crippen molar-refractivity contribution in [3.8, 4) is 0 Å². The summed E-state index contributed by atoms with van der Waals surface area (Å²) in [5.74, 6) is -0.928. The van der Waals surface area contributed by atoms with Crippen LogP contribution in [0.2, 0.25) is 0 Å². The maximum absolute atomic E-state index is 13.9. The summed E-state index contributed by atoms with van der Waals surface area (Å²) in [7, 11) is 0. The Hall–Kier alpha value is -1.14. The minimum Gasteiger partial charge on any atom is -0.373 e. The molecule has 0 saturated heterocycles. The number of rotatable bonds is 2. The number of nitrogens with one attached hydrogen (secondary N) is 1. The van der Waals surface area contributed by atoms with Crippen LogP contribution in [0.25, 0.3) is 0 Å². The van der Waals surface area contributed by atoms with Gasteiger partial charge in [0, 0.05) is 15.1 Å². The lowest BCUT2D eigenvalue weighted by atomic mass is 10.0. The minimum atomic E-state index is -0.668. The molecule has 1 N–H and O–H groups in total. The van der Waals surface area contributed by atoms with Crippen LogP contribution in [-0.2, 0) is 0 Å². The molecule has 0 radical (unpaired) electrons. The van der Waals surface area contributed by atoms with Crippen molar-refractivity contribution >= 4 is 33.4 Å². The average Bonchev–Trinajstić information content (AvgIpc) is 2.43. The molecule has 1 nitrogen and oxygen atoms in total. The summed E-state index contributed by atoms with van der Waals surface area (Å²) >= 11 is 4.48. The number of benzene rings is 2. The monoisotopic (exact) mass is 373 g/mol. The van der Waals surface area contributed by atoms with Gasteiger partial charge < -0.3 is 5.32 Å². The minimum absolute atomic E-state index is 0.176. The molecule has 0 spiro atoms. The number of anilines is 1. The third-order valence-electron chi connectivity index (χ3n) is 3.35.